The summed E-state index contributed by atoms with van der Waals surface area (Å²) >= 11 is 0. The molecule has 2 bridgehead atoms. The number of rotatable bonds is 1. The fourth-order valence-electron chi connectivity index (χ4n) is 2.72. The molecule has 3 saturated heterocycles. The van der Waals surface area contributed by atoms with Crippen molar-refractivity contribution in [1.82, 2.24) is 10.2 Å². The zero-order chi connectivity index (χ0) is 12.0. The Morgan fingerprint density at radius 2 is 1.71 bits per heavy atom. The van der Waals surface area contributed by atoms with Gasteiger partial charge in [0.15, 0.2) is 0 Å². The lowest BCUT2D eigenvalue weighted by Gasteiger charge is -2.37. The van der Waals surface area contributed by atoms with Crippen LogP contribution in [0.3, 0.4) is 0 Å². The van der Waals surface area contributed by atoms with Crippen molar-refractivity contribution >= 4 is 17.7 Å². The van der Waals surface area contributed by atoms with Crippen molar-refractivity contribution in [2.75, 3.05) is 6.54 Å². The van der Waals surface area contributed by atoms with Gasteiger partial charge in [0, 0.05) is 13.0 Å². The van der Waals surface area contributed by atoms with E-state index in [4.69, 9.17) is 4.74 Å². The molecule has 3 amide bonds. The summed E-state index contributed by atoms with van der Waals surface area (Å²) in [7, 11) is 0. The molecule has 1 N–H and O–H groups in total. The second kappa shape index (κ2) is 3.80. The lowest BCUT2D eigenvalue weighted by atomic mass is 10.0. The van der Waals surface area contributed by atoms with Crippen LogP contribution in [-0.4, -0.2) is 47.4 Å². The Balaban J connectivity index is 1.79. The number of fused-ring (bicyclic) bond motifs is 2. The third-order valence-electron chi connectivity index (χ3n) is 3.65. The molecule has 3 aliphatic heterocycles. The summed E-state index contributed by atoms with van der Waals surface area (Å²) in [5.41, 5.74) is 0. The summed E-state index contributed by atoms with van der Waals surface area (Å²) in [5, 5.41) is 2.69. The Morgan fingerprint density at radius 3 is 2.24 bits per heavy atom. The minimum atomic E-state index is -0.449. The molecule has 0 aromatic rings. The van der Waals surface area contributed by atoms with E-state index in [1.165, 1.54) is 4.90 Å². The third kappa shape index (κ3) is 1.63. The fraction of sp³-hybridized carbons (Fsp3) is 0.727. The van der Waals surface area contributed by atoms with Gasteiger partial charge in [-0.15, -0.1) is 0 Å². The van der Waals surface area contributed by atoms with Crippen molar-refractivity contribution in [3.8, 4) is 0 Å². The van der Waals surface area contributed by atoms with Crippen LogP contribution in [0.5, 0.6) is 0 Å². The number of carbonyl (C=O) groups excluding carboxylic acids is 3. The first-order chi connectivity index (χ1) is 8.16. The van der Waals surface area contributed by atoms with Gasteiger partial charge in [-0.25, -0.2) is 0 Å². The highest BCUT2D eigenvalue weighted by Gasteiger charge is 2.49. The molecule has 0 aliphatic carbocycles. The molecule has 92 valence electrons. The predicted octanol–water partition coefficient (Wildman–Crippen LogP) is -0.819. The Kier molecular flexibility index (Phi) is 2.39. The molecule has 3 rings (SSSR count). The fourth-order valence-corrected chi connectivity index (χ4v) is 2.72. The molecule has 0 saturated carbocycles. The van der Waals surface area contributed by atoms with Crippen LogP contribution in [0.15, 0.2) is 0 Å². The summed E-state index contributed by atoms with van der Waals surface area (Å²) in [6, 6.07) is -0.195. The largest absolute Gasteiger partial charge is 0.355 e. The zero-order valence-electron chi connectivity index (χ0n) is 9.35. The van der Waals surface area contributed by atoms with Crippen LogP contribution in [0.4, 0.5) is 0 Å². The van der Waals surface area contributed by atoms with Gasteiger partial charge in [0.25, 0.3) is 11.8 Å². The molecule has 6 heteroatoms. The van der Waals surface area contributed by atoms with E-state index in [-0.39, 0.29) is 23.8 Å². The van der Waals surface area contributed by atoms with Gasteiger partial charge < -0.3 is 10.1 Å². The molecule has 3 aliphatic rings. The standard InChI is InChI=1S/C11H14N2O4/c14-9-4-1-6(5-12-9)13-10(15)7-2-3-8(17-7)11(13)16/h6-8H,1-5H2,(H,12,14). The van der Waals surface area contributed by atoms with Gasteiger partial charge in [0.2, 0.25) is 5.91 Å². The number of imide groups is 1. The van der Waals surface area contributed by atoms with Gasteiger partial charge in [0.05, 0.1) is 6.04 Å². The molecule has 3 fully saturated rings. The third-order valence-corrected chi connectivity index (χ3v) is 3.65. The molecule has 0 spiro atoms. The van der Waals surface area contributed by atoms with Crippen molar-refractivity contribution in [2.45, 2.75) is 43.9 Å². The number of hydrogen-bond acceptors (Lipinski definition) is 4. The van der Waals surface area contributed by atoms with Crippen LogP contribution >= 0.6 is 0 Å². The number of piperidine rings is 1. The summed E-state index contributed by atoms with van der Waals surface area (Å²) in [6.45, 7) is 0.371. The van der Waals surface area contributed by atoms with Gasteiger partial charge in [0.1, 0.15) is 12.2 Å². The Morgan fingerprint density at radius 1 is 1.06 bits per heavy atom. The van der Waals surface area contributed by atoms with Crippen LogP contribution < -0.4 is 5.32 Å². The second-order valence-corrected chi connectivity index (χ2v) is 4.73. The number of hydrogen-bond donors (Lipinski definition) is 1. The molecule has 3 unspecified atom stereocenters. The molecule has 6 nitrogen and oxygen atoms in total. The number of carbonyl (C=O) groups is 3. The van der Waals surface area contributed by atoms with Gasteiger partial charge >= 0.3 is 0 Å². The monoisotopic (exact) mass is 238 g/mol. The average molecular weight is 238 g/mol. The summed E-state index contributed by atoms with van der Waals surface area (Å²) < 4.78 is 5.34. The maximum Gasteiger partial charge on any atom is 0.258 e. The van der Waals surface area contributed by atoms with Crippen LogP contribution in [-0.2, 0) is 19.1 Å². The summed E-state index contributed by atoms with van der Waals surface area (Å²) in [6.07, 6.45) is 1.29. The van der Waals surface area contributed by atoms with Crippen LogP contribution in [0.1, 0.15) is 25.7 Å². The quantitative estimate of drug-likeness (QED) is 0.606. The normalized spacial score (nSPS) is 37.3. The maximum absolute atomic E-state index is 12.0. The van der Waals surface area contributed by atoms with Crippen molar-refractivity contribution in [3.63, 3.8) is 0 Å². The van der Waals surface area contributed by atoms with Crippen molar-refractivity contribution in [2.24, 2.45) is 0 Å². The number of likely N-dealkylation sites (tertiary alicyclic amines) is 1. The number of nitrogens with one attached hydrogen (secondary N) is 1. The Bertz CT molecular complexity index is 363. The molecule has 0 aromatic carbocycles. The van der Waals surface area contributed by atoms with E-state index in [0.29, 0.717) is 32.2 Å². The summed E-state index contributed by atoms with van der Waals surface area (Å²) in [5.74, 6) is -0.479. The van der Waals surface area contributed by atoms with E-state index in [0.717, 1.165) is 0 Å². The molecular weight excluding hydrogens is 224 g/mol. The summed E-state index contributed by atoms with van der Waals surface area (Å²) in [4.78, 5) is 36.5. The first-order valence-corrected chi connectivity index (χ1v) is 5.96. The number of ether oxygens (including phenoxy) is 1. The highest BCUT2D eigenvalue weighted by Crippen LogP contribution is 2.30. The predicted molar refractivity (Wildman–Crippen MR) is 55.8 cm³/mol. The number of nitrogens with zero attached hydrogens (tertiary/aromatic N) is 1. The van der Waals surface area contributed by atoms with Gasteiger partial charge in [-0.3, -0.25) is 19.3 Å². The smallest absolute Gasteiger partial charge is 0.258 e. The first-order valence-electron chi connectivity index (χ1n) is 5.96. The van der Waals surface area contributed by atoms with Gasteiger partial charge in [-0.1, -0.05) is 0 Å². The molecule has 0 radical (unpaired) electrons. The Labute approximate surface area is 98.3 Å². The van der Waals surface area contributed by atoms with Gasteiger partial charge in [-0.2, -0.15) is 0 Å². The van der Waals surface area contributed by atoms with E-state index >= 15 is 0 Å². The molecule has 3 heterocycles. The highest BCUT2D eigenvalue weighted by molar-refractivity contribution is 6.02. The molecule has 0 aromatic heterocycles. The number of amides is 3. The lowest BCUT2D eigenvalue weighted by molar-refractivity contribution is -0.172. The zero-order valence-corrected chi connectivity index (χ0v) is 9.35. The number of morpholine rings is 1. The van der Waals surface area contributed by atoms with Crippen LogP contribution in [0.2, 0.25) is 0 Å². The van der Waals surface area contributed by atoms with Crippen molar-refractivity contribution < 1.29 is 19.1 Å². The van der Waals surface area contributed by atoms with Crippen molar-refractivity contribution in [1.29, 1.82) is 0 Å². The van der Waals surface area contributed by atoms with Crippen molar-refractivity contribution in [3.05, 3.63) is 0 Å². The molecule has 17 heavy (non-hydrogen) atoms. The van der Waals surface area contributed by atoms with Crippen LogP contribution in [0, 0.1) is 0 Å². The lowest BCUT2D eigenvalue weighted by Crippen LogP contribution is -2.59. The van der Waals surface area contributed by atoms with E-state index < -0.39 is 12.2 Å². The minimum absolute atomic E-state index is 0.0163. The van der Waals surface area contributed by atoms with E-state index in [2.05, 4.69) is 5.32 Å². The second-order valence-electron chi connectivity index (χ2n) is 4.73. The topological polar surface area (TPSA) is 75.7 Å². The highest BCUT2D eigenvalue weighted by atomic mass is 16.5. The minimum Gasteiger partial charge on any atom is -0.355 e. The van der Waals surface area contributed by atoms with Crippen LogP contribution in [0.25, 0.3) is 0 Å². The first kappa shape index (κ1) is 10.7. The average Bonchev–Trinajstić information content (AvgIpc) is 2.76. The SMILES string of the molecule is O=C1CCC(N2C(=O)C3CCC(O3)C2=O)CN1. The van der Waals surface area contributed by atoms with Gasteiger partial charge in [-0.05, 0) is 19.3 Å². The molecular formula is C11H14N2O4. The maximum atomic E-state index is 12.0. The van der Waals surface area contributed by atoms with E-state index in [9.17, 15) is 14.4 Å². The Hall–Kier alpha value is -1.43. The van der Waals surface area contributed by atoms with E-state index in [1.54, 1.807) is 0 Å². The van der Waals surface area contributed by atoms with E-state index in [1.807, 2.05) is 0 Å². The molecule has 3 atom stereocenters.